The Balaban J connectivity index is 2.70. The number of carbonyl (C=O) groups excluding carboxylic acids is 1. The maximum absolute atomic E-state index is 12.4. The van der Waals surface area contributed by atoms with Gasteiger partial charge in [0.1, 0.15) is 11.5 Å². The summed E-state index contributed by atoms with van der Waals surface area (Å²) in [6.45, 7) is 12.4. The number of hydrogen-bond acceptors (Lipinski definition) is 2. The standard InChI is InChI=1S/C15H21ClN4O/c1-9-7-10-13(21)19(6)8-11(15(2,3)4)20(10)12(9)18-14(16)17-5/h7,11H,5,8H2,1-4,6H3/b18-14-/t11-/m1/s1. The highest BCUT2D eigenvalue weighted by molar-refractivity contribution is 6.65. The molecule has 0 fully saturated rings. The number of amides is 1. The van der Waals surface area contributed by atoms with Crippen molar-refractivity contribution in [1.29, 1.82) is 0 Å². The molecule has 1 aromatic rings. The molecule has 1 amide bonds. The van der Waals surface area contributed by atoms with Gasteiger partial charge in [-0.25, -0.2) is 9.98 Å². The van der Waals surface area contributed by atoms with Crippen molar-refractivity contribution in [2.75, 3.05) is 13.6 Å². The largest absolute Gasteiger partial charge is 0.338 e. The van der Waals surface area contributed by atoms with Crippen molar-refractivity contribution in [2.24, 2.45) is 15.4 Å². The molecular weight excluding hydrogens is 288 g/mol. The van der Waals surface area contributed by atoms with Gasteiger partial charge in [-0.3, -0.25) is 4.79 Å². The minimum absolute atomic E-state index is 0.00253. The maximum Gasteiger partial charge on any atom is 0.270 e. The summed E-state index contributed by atoms with van der Waals surface area (Å²) in [5.74, 6) is 0.687. The number of rotatable bonds is 1. The second-order valence-electron chi connectivity index (χ2n) is 6.51. The van der Waals surface area contributed by atoms with Gasteiger partial charge in [0.2, 0.25) is 5.29 Å². The molecule has 1 aliphatic rings. The molecule has 6 heteroatoms. The van der Waals surface area contributed by atoms with E-state index in [2.05, 4.69) is 37.5 Å². The number of aromatic nitrogens is 1. The van der Waals surface area contributed by atoms with Gasteiger partial charge in [-0.05, 0) is 42.3 Å². The fourth-order valence-corrected chi connectivity index (χ4v) is 2.75. The first kappa shape index (κ1) is 15.8. The quantitative estimate of drug-likeness (QED) is 0.445. The zero-order valence-electron chi connectivity index (χ0n) is 13.1. The number of fused-ring (bicyclic) bond motifs is 1. The zero-order chi connectivity index (χ0) is 15.9. The molecule has 0 aliphatic carbocycles. The van der Waals surface area contributed by atoms with Crippen LogP contribution in [0.4, 0.5) is 5.82 Å². The summed E-state index contributed by atoms with van der Waals surface area (Å²) in [4.78, 5) is 22.1. The van der Waals surface area contributed by atoms with E-state index < -0.39 is 0 Å². The molecule has 0 saturated carbocycles. The van der Waals surface area contributed by atoms with Crippen LogP contribution in [0.15, 0.2) is 16.1 Å². The first-order chi connectivity index (χ1) is 9.66. The van der Waals surface area contributed by atoms with Crippen LogP contribution in [0.5, 0.6) is 0 Å². The van der Waals surface area contributed by atoms with Crippen molar-refractivity contribution >= 4 is 35.3 Å². The minimum atomic E-state index is -0.0203. The van der Waals surface area contributed by atoms with Gasteiger partial charge < -0.3 is 9.47 Å². The molecule has 1 atom stereocenters. The number of carbonyl (C=O) groups is 1. The average molecular weight is 309 g/mol. The summed E-state index contributed by atoms with van der Waals surface area (Å²) in [7, 11) is 1.83. The summed E-state index contributed by atoms with van der Waals surface area (Å²) in [6.07, 6.45) is 0. The zero-order valence-corrected chi connectivity index (χ0v) is 13.9. The molecular formula is C15H21ClN4O. The normalized spacial score (nSPS) is 19.7. The van der Waals surface area contributed by atoms with Crippen LogP contribution < -0.4 is 0 Å². The van der Waals surface area contributed by atoms with Crippen LogP contribution in [0.1, 0.15) is 42.9 Å². The maximum atomic E-state index is 12.4. The number of likely N-dealkylation sites (N-methyl/N-ethyl adjacent to an activating group) is 1. The van der Waals surface area contributed by atoms with Crippen molar-refractivity contribution in [1.82, 2.24) is 9.47 Å². The third-order valence-electron chi connectivity index (χ3n) is 3.85. The number of hydrogen-bond donors (Lipinski definition) is 0. The molecule has 5 nitrogen and oxygen atoms in total. The molecule has 114 valence electrons. The van der Waals surface area contributed by atoms with Crippen LogP contribution in [-0.4, -0.2) is 41.0 Å². The second kappa shape index (κ2) is 5.30. The molecule has 2 heterocycles. The fourth-order valence-electron chi connectivity index (χ4n) is 2.67. The van der Waals surface area contributed by atoms with Crippen molar-refractivity contribution in [2.45, 2.75) is 33.7 Å². The highest BCUT2D eigenvalue weighted by atomic mass is 35.5. The Kier molecular flexibility index (Phi) is 3.97. The summed E-state index contributed by atoms with van der Waals surface area (Å²) in [5.41, 5.74) is 1.53. The SMILES string of the molecule is C=N/C(Cl)=N\c1c(C)cc2n1[C@@H](C(C)(C)C)CN(C)C2=O. The van der Waals surface area contributed by atoms with Gasteiger partial charge in [0.05, 0.1) is 6.04 Å². The van der Waals surface area contributed by atoms with E-state index in [0.717, 1.165) is 5.56 Å². The van der Waals surface area contributed by atoms with Gasteiger partial charge in [0.15, 0.2) is 0 Å². The third-order valence-corrected chi connectivity index (χ3v) is 4.05. The van der Waals surface area contributed by atoms with Crippen molar-refractivity contribution < 1.29 is 4.79 Å². The fraction of sp³-hybridized carbons (Fsp3) is 0.533. The first-order valence-corrected chi connectivity index (χ1v) is 7.22. The Morgan fingerprint density at radius 2 is 2.10 bits per heavy atom. The number of aryl methyl sites for hydroxylation is 1. The molecule has 0 spiro atoms. The Morgan fingerprint density at radius 1 is 1.48 bits per heavy atom. The van der Waals surface area contributed by atoms with E-state index in [0.29, 0.717) is 18.1 Å². The average Bonchev–Trinajstić information content (AvgIpc) is 2.70. The summed E-state index contributed by atoms with van der Waals surface area (Å²) < 4.78 is 1.99. The lowest BCUT2D eigenvalue weighted by atomic mass is 9.85. The summed E-state index contributed by atoms with van der Waals surface area (Å²) >= 11 is 5.91. The van der Waals surface area contributed by atoms with Crippen molar-refractivity contribution in [3.63, 3.8) is 0 Å². The van der Waals surface area contributed by atoms with Gasteiger partial charge in [-0.2, -0.15) is 0 Å². The van der Waals surface area contributed by atoms with E-state index in [1.807, 2.05) is 24.6 Å². The van der Waals surface area contributed by atoms with E-state index in [9.17, 15) is 4.79 Å². The van der Waals surface area contributed by atoms with Crippen LogP contribution in [-0.2, 0) is 0 Å². The summed E-state index contributed by atoms with van der Waals surface area (Å²) in [6, 6.07) is 1.99. The van der Waals surface area contributed by atoms with Gasteiger partial charge in [0, 0.05) is 13.6 Å². The van der Waals surface area contributed by atoms with E-state index in [1.165, 1.54) is 0 Å². The lowest BCUT2D eigenvalue weighted by Crippen LogP contribution is -2.44. The molecule has 0 bridgehead atoms. The number of amidine groups is 1. The van der Waals surface area contributed by atoms with Crippen LogP contribution in [0.25, 0.3) is 0 Å². The van der Waals surface area contributed by atoms with Gasteiger partial charge in [-0.1, -0.05) is 20.8 Å². The Labute approximate surface area is 130 Å². The minimum Gasteiger partial charge on any atom is -0.338 e. The molecule has 0 saturated heterocycles. The topological polar surface area (TPSA) is 50.0 Å². The highest BCUT2D eigenvalue weighted by Crippen LogP contribution is 2.41. The second-order valence-corrected chi connectivity index (χ2v) is 6.85. The third kappa shape index (κ3) is 2.75. The monoisotopic (exact) mass is 308 g/mol. The number of nitrogens with zero attached hydrogens (tertiary/aromatic N) is 4. The smallest absolute Gasteiger partial charge is 0.270 e. The van der Waals surface area contributed by atoms with Crippen LogP contribution in [0.2, 0.25) is 0 Å². The molecule has 0 radical (unpaired) electrons. The first-order valence-electron chi connectivity index (χ1n) is 6.85. The Bertz CT molecular complexity index is 624. The molecule has 1 aromatic heterocycles. The van der Waals surface area contributed by atoms with Gasteiger partial charge in [0.25, 0.3) is 5.91 Å². The lowest BCUT2D eigenvalue weighted by Gasteiger charge is -2.40. The van der Waals surface area contributed by atoms with Gasteiger partial charge in [-0.15, -0.1) is 0 Å². The Hall–Kier alpha value is -1.62. The van der Waals surface area contributed by atoms with Crippen LogP contribution in [0, 0.1) is 12.3 Å². The Morgan fingerprint density at radius 3 is 2.62 bits per heavy atom. The molecule has 21 heavy (non-hydrogen) atoms. The molecule has 1 aliphatic heterocycles. The number of aliphatic imine (C=N–C) groups is 2. The van der Waals surface area contributed by atoms with Crippen LogP contribution >= 0.6 is 11.6 Å². The highest BCUT2D eigenvalue weighted by Gasteiger charge is 2.38. The van der Waals surface area contributed by atoms with Gasteiger partial charge >= 0.3 is 0 Å². The van der Waals surface area contributed by atoms with Crippen molar-refractivity contribution in [3.05, 3.63) is 17.3 Å². The van der Waals surface area contributed by atoms with Crippen molar-refractivity contribution in [3.8, 4) is 0 Å². The van der Waals surface area contributed by atoms with E-state index in [4.69, 9.17) is 11.6 Å². The molecule has 2 rings (SSSR count). The summed E-state index contributed by atoms with van der Waals surface area (Å²) in [5, 5.41) is 0.0815. The molecule has 0 aromatic carbocycles. The predicted molar refractivity (Wildman–Crippen MR) is 87.1 cm³/mol. The predicted octanol–water partition coefficient (Wildman–Crippen LogP) is 3.40. The van der Waals surface area contributed by atoms with E-state index in [-0.39, 0.29) is 22.7 Å². The van der Waals surface area contributed by atoms with E-state index in [1.54, 1.807) is 4.90 Å². The number of halogens is 1. The van der Waals surface area contributed by atoms with E-state index >= 15 is 0 Å². The lowest BCUT2D eigenvalue weighted by molar-refractivity contribution is 0.0645. The molecule has 0 N–H and O–H groups in total. The molecule has 0 unspecified atom stereocenters. The van der Waals surface area contributed by atoms with Crippen LogP contribution in [0.3, 0.4) is 0 Å².